The summed E-state index contributed by atoms with van der Waals surface area (Å²) in [5, 5.41) is 8.90. The molecule has 2 aromatic rings. The number of nitrogens with one attached hydrogen (secondary N) is 1. The molecule has 0 spiro atoms. The molecular weight excluding hydrogens is 210 g/mol. The Morgan fingerprint density at radius 3 is 3.00 bits per heavy atom. The molecule has 1 aromatic carbocycles. The van der Waals surface area contributed by atoms with E-state index in [0.29, 0.717) is 5.56 Å². The number of nitrogens with zero attached hydrogens (tertiary/aromatic N) is 2. The van der Waals surface area contributed by atoms with E-state index in [0.717, 1.165) is 22.5 Å². The van der Waals surface area contributed by atoms with E-state index in [9.17, 15) is 0 Å². The fourth-order valence-corrected chi connectivity index (χ4v) is 1.87. The van der Waals surface area contributed by atoms with E-state index in [2.05, 4.69) is 16.0 Å². The third-order valence-corrected chi connectivity index (χ3v) is 2.71. The number of H-pyrrole nitrogens is 1. The van der Waals surface area contributed by atoms with Crippen molar-refractivity contribution in [2.24, 2.45) is 4.99 Å². The van der Waals surface area contributed by atoms with Gasteiger partial charge in [-0.1, -0.05) is 0 Å². The Balaban J connectivity index is 2.09. The number of fused-ring (bicyclic) bond motifs is 1. The third-order valence-electron chi connectivity index (χ3n) is 2.71. The molecule has 1 aromatic heterocycles. The fraction of sp³-hybridized carbons (Fsp3) is 0. The molecule has 2 heterocycles. The molecule has 3 heteroatoms. The Morgan fingerprint density at radius 1 is 1.29 bits per heavy atom. The van der Waals surface area contributed by atoms with Gasteiger partial charge in [0.1, 0.15) is 0 Å². The number of aromatic amines is 1. The minimum atomic E-state index is 0.659. The first-order chi connectivity index (χ1) is 8.36. The SMILES string of the molecule is N#Cc1ccc2c(c1)C(=Cc1ccc[nH]1)C=N2. The highest BCUT2D eigenvalue weighted by Gasteiger charge is 2.12. The molecular formula is C14H9N3. The molecule has 0 atom stereocenters. The predicted molar refractivity (Wildman–Crippen MR) is 68.0 cm³/mol. The van der Waals surface area contributed by atoms with Crippen LogP contribution in [0.5, 0.6) is 0 Å². The molecule has 1 aliphatic heterocycles. The molecule has 3 nitrogen and oxygen atoms in total. The molecule has 17 heavy (non-hydrogen) atoms. The van der Waals surface area contributed by atoms with Crippen molar-refractivity contribution < 1.29 is 0 Å². The number of aliphatic imine (C=N–C) groups is 1. The standard InChI is InChI=1S/C14H9N3/c15-8-10-3-4-14-13(6-10)11(9-17-14)7-12-2-1-5-16-12/h1-7,9,16H. The van der Waals surface area contributed by atoms with Gasteiger partial charge in [0.15, 0.2) is 0 Å². The van der Waals surface area contributed by atoms with Crippen LogP contribution in [-0.4, -0.2) is 11.2 Å². The van der Waals surface area contributed by atoms with Crippen LogP contribution in [0.1, 0.15) is 16.8 Å². The largest absolute Gasteiger partial charge is 0.362 e. The van der Waals surface area contributed by atoms with Crippen molar-refractivity contribution in [3.05, 3.63) is 53.3 Å². The number of hydrogen-bond donors (Lipinski definition) is 1. The molecule has 0 aliphatic carbocycles. The first-order valence-corrected chi connectivity index (χ1v) is 5.30. The van der Waals surface area contributed by atoms with Crippen molar-refractivity contribution >= 4 is 23.6 Å². The van der Waals surface area contributed by atoms with Gasteiger partial charge in [-0.2, -0.15) is 5.26 Å². The predicted octanol–water partition coefficient (Wildman–Crippen LogP) is 3.14. The minimum absolute atomic E-state index is 0.659. The van der Waals surface area contributed by atoms with Gasteiger partial charge < -0.3 is 4.98 Å². The highest BCUT2D eigenvalue weighted by Crippen LogP contribution is 2.32. The van der Waals surface area contributed by atoms with Crippen molar-refractivity contribution in [1.29, 1.82) is 5.26 Å². The lowest BCUT2D eigenvalue weighted by Crippen LogP contribution is -1.83. The maximum absolute atomic E-state index is 8.90. The van der Waals surface area contributed by atoms with Crippen molar-refractivity contribution in [1.82, 2.24) is 4.98 Å². The molecule has 80 valence electrons. The van der Waals surface area contributed by atoms with Crippen LogP contribution in [0.3, 0.4) is 0 Å². The summed E-state index contributed by atoms with van der Waals surface area (Å²) in [7, 11) is 0. The third kappa shape index (κ3) is 1.66. The van der Waals surface area contributed by atoms with Crippen molar-refractivity contribution in [2.75, 3.05) is 0 Å². The van der Waals surface area contributed by atoms with E-state index in [-0.39, 0.29) is 0 Å². The maximum atomic E-state index is 8.90. The molecule has 3 rings (SSSR count). The highest BCUT2D eigenvalue weighted by molar-refractivity contribution is 6.21. The number of nitriles is 1. The minimum Gasteiger partial charge on any atom is -0.362 e. The zero-order valence-electron chi connectivity index (χ0n) is 9.01. The van der Waals surface area contributed by atoms with Gasteiger partial charge in [0.25, 0.3) is 0 Å². The van der Waals surface area contributed by atoms with Crippen molar-refractivity contribution in [3.63, 3.8) is 0 Å². The molecule has 1 aliphatic rings. The van der Waals surface area contributed by atoms with Gasteiger partial charge in [0.05, 0.1) is 17.3 Å². The first kappa shape index (κ1) is 9.61. The lowest BCUT2D eigenvalue weighted by atomic mass is 10.0. The second kappa shape index (κ2) is 3.76. The summed E-state index contributed by atoms with van der Waals surface area (Å²) in [6.07, 6.45) is 5.73. The van der Waals surface area contributed by atoms with Crippen LogP contribution in [0, 0.1) is 11.3 Å². The molecule has 0 amide bonds. The number of aromatic nitrogens is 1. The average molecular weight is 219 g/mol. The molecule has 0 radical (unpaired) electrons. The molecule has 0 saturated carbocycles. The Morgan fingerprint density at radius 2 is 2.24 bits per heavy atom. The van der Waals surface area contributed by atoms with Crippen LogP contribution in [0.25, 0.3) is 11.6 Å². The monoisotopic (exact) mass is 219 g/mol. The Labute approximate surface area is 98.7 Å². The summed E-state index contributed by atoms with van der Waals surface area (Å²) in [6.45, 7) is 0. The van der Waals surface area contributed by atoms with E-state index >= 15 is 0 Å². The summed E-state index contributed by atoms with van der Waals surface area (Å²) in [4.78, 5) is 7.44. The van der Waals surface area contributed by atoms with Crippen molar-refractivity contribution in [2.45, 2.75) is 0 Å². The molecule has 0 unspecified atom stereocenters. The lowest BCUT2D eigenvalue weighted by molar-refractivity contribution is 1.38. The quantitative estimate of drug-likeness (QED) is 0.787. The van der Waals surface area contributed by atoms with Gasteiger partial charge in [-0.05, 0) is 36.4 Å². The summed E-state index contributed by atoms with van der Waals surface area (Å²) < 4.78 is 0. The smallest absolute Gasteiger partial charge is 0.0991 e. The number of hydrogen-bond acceptors (Lipinski definition) is 2. The van der Waals surface area contributed by atoms with Gasteiger partial charge in [0, 0.05) is 29.2 Å². The molecule has 1 N–H and O–H groups in total. The Hall–Kier alpha value is -2.60. The fourth-order valence-electron chi connectivity index (χ4n) is 1.87. The summed E-state index contributed by atoms with van der Waals surface area (Å²) in [6, 6.07) is 11.6. The topological polar surface area (TPSA) is 51.9 Å². The van der Waals surface area contributed by atoms with Gasteiger partial charge >= 0.3 is 0 Å². The zero-order chi connectivity index (χ0) is 11.7. The molecule has 0 fully saturated rings. The Bertz CT molecular complexity index is 655. The van der Waals surface area contributed by atoms with E-state index in [1.807, 2.05) is 42.8 Å². The normalized spacial score (nSPS) is 14.9. The van der Waals surface area contributed by atoms with E-state index in [4.69, 9.17) is 5.26 Å². The van der Waals surface area contributed by atoms with Crippen LogP contribution in [0.15, 0.2) is 41.5 Å². The van der Waals surface area contributed by atoms with Crippen molar-refractivity contribution in [3.8, 4) is 6.07 Å². The maximum Gasteiger partial charge on any atom is 0.0991 e. The number of benzene rings is 1. The van der Waals surface area contributed by atoms with E-state index in [1.54, 1.807) is 6.07 Å². The summed E-state index contributed by atoms with van der Waals surface area (Å²) >= 11 is 0. The summed E-state index contributed by atoms with van der Waals surface area (Å²) in [5.41, 5.74) is 4.65. The van der Waals surface area contributed by atoms with Crippen LogP contribution in [0.2, 0.25) is 0 Å². The number of allylic oxidation sites excluding steroid dienone is 1. The summed E-state index contributed by atoms with van der Waals surface area (Å²) in [5.74, 6) is 0. The van der Waals surface area contributed by atoms with Crippen LogP contribution in [-0.2, 0) is 0 Å². The highest BCUT2D eigenvalue weighted by atomic mass is 14.8. The van der Waals surface area contributed by atoms with Gasteiger partial charge in [-0.25, -0.2) is 0 Å². The second-order valence-electron chi connectivity index (χ2n) is 3.83. The van der Waals surface area contributed by atoms with Gasteiger partial charge in [0.2, 0.25) is 0 Å². The first-order valence-electron chi connectivity index (χ1n) is 5.30. The number of rotatable bonds is 1. The molecule has 0 bridgehead atoms. The van der Waals surface area contributed by atoms with E-state index in [1.165, 1.54) is 0 Å². The molecule has 0 saturated heterocycles. The second-order valence-corrected chi connectivity index (χ2v) is 3.83. The van der Waals surface area contributed by atoms with E-state index < -0.39 is 0 Å². The van der Waals surface area contributed by atoms with Crippen LogP contribution in [0.4, 0.5) is 5.69 Å². The zero-order valence-corrected chi connectivity index (χ0v) is 9.01. The van der Waals surface area contributed by atoms with Gasteiger partial charge in [-0.3, -0.25) is 4.99 Å². The Kier molecular flexibility index (Phi) is 2.13. The average Bonchev–Trinajstić information content (AvgIpc) is 2.99. The van der Waals surface area contributed by atoms with Crippen LogP contribution < -0.4 is 0 Å². The van der Waals surface area contributed by atoms with Gasteiger partial charge in [-0.15, -0.1) is 0 Å². The van der Waals surface area contributed by atoms with Crippen LogP contribution >= 0.6 is 0 Å². The lowest BCUT2D eigenvalue weighted by Gasteiger charge is -1.99.